The van der Waals surface area contributed by atoms with Crippen LogP contribution in [0.4, 0.5) is 19.0 Å². The number of aryl methyl sites for hydroxylation is 1. The van der Waals surface area contributed by atoms with Gasteiger partial charge in [0.15, 0.2) is 5.49 Å². The summed E-state index contributed by atoms with van der Waals surface area (Å²) in [5, 5.41) is 3.49. The number of rotatable bonds is 4. The van der Waals surface area contributed by atoms with Gasteiger partial charge in [0.2, 0.25) is 5.91 Å². The average molecular weight is 499 g/mol. The number of aromatic nitrogens is 3. The summed E-state index contributed by atoms with van der Waals surface area (Å²) in [6.45, 7) is 7.98. The number of pyridine rings is 1. The molecule has 36 heavy (non-hydrogen) atoms. The largest absolute Gasteiger partial charge is 0.369 e. The number of carbonyl (C=O) groups excluding carboxylic acids is 1. The lowest BCUT2D eigenvalue weighted by Crippen LogP contribution is -2.36. The topological polar surface area (TPSA) is 75.4 Å². The van der Waals surface area contributed by atoms with Crippen LogP contribution in [-0.4, -0.2) is 45.0 Å². The first-order valence-electron chi connectivity index (χ1n) is 12.3. The molecule has 1 fully saturated rings. The van der Waals surface area contributed by atoms with Crippen molar-refractivity contribution < 1.29 is 18.0 Å². The van der Waals surface area contributed by atoms with Crippen molar-refractivity contribution in [2.24, 2.45) is 4.99 Å². The molecule has 10 heteroatoms. The number of amides is 1. The standard InChI is InChI=1S/C26H29F3N6O/c1-14(18-5-4-6-19(22(18)27)23(28)29)31-24-21-13-20(17-7-10-34(11-8-17)16(3)36)25-30-9-12-35(25)26(21)33-15(2)32-24/h4-6,13-14,17,23,30H,7-12H2,1-3H3/t14-/m1/s1. The highest BCUT2D eigenvalue weighted by atomic mass is 19.3. The minimum Gasteiger partial charge on any atom is -0.369 e. The molecule has 190 valence electrons. The van der Waals surface area contributed by atoms with Crippen LogP contribution in [0.5, 0.6) is 0 Å². The maximum atomic E-state index is 14.8. The number of nitrogens with zero attached hydrogens (tertiary/aromatic N) is 5. The second-order valence-corrected chi connectivity index (χ2v) is 9.49. The van der Waals surface area contributed by atoms with Gasteiger partial charge in [-0.2, -0.15) is 0 Å². The predicted octanol–water partition coefficient (Wildman–Crippen LogP) is 4.58. The third-order valence-electron chi connectivity index (χ3n) is 7.18. The zero-order valence-electron chi connectivity index (χ0n) is 20.6. The fourth-order valence-electron chi connectivity index (χ4n) is 5.30. The summed E-state index contributed by atoms with van der Waals surface area (Å²) in [6.07, 6.45) is -1.20. The van der Waals surface area contributed by atoms with Crippen LogP contribution in [0.15, 0.2) is 29.3 Å². The summed E-state index contributed by atoms with van der Waals surface area (Å²) in [5.41, 5.74) is 1.76. The van der Waals surface area contributed by atoms with E-state index in [0.717, 1.165) is 54.8 Å². The van der Waals surface area contributed by atoms with Crippen molar-refractivity contribution in [3.63, 3.8) is 0 Å². The minimum absolute atomic E-state index is 0.0896. The van der Waals surface area contributed by atoms with E-state index < -0.39 is 23.8 Å². The Balaban J connectivity index is 1.61. The summed E-state index contributed by atoms with van der Waals surface area (Å²) in [5.74, 6) is 1.70. The van der Waals surface area contributed by atoms with Crippen molar-refractivity contribution in [1.29, 1.82) is 0 Å². The van der Waals surface area contributed by atoms with E-state index >= 15 is 0 Å². The van der Waals surface area contributed by atoms with Crippen LogP contribution in [0.1, 0.15) is 67.6 Å². The molecule has 1 aromatic carbocycles. The molecule has 0 spiro atoms. The number of anilines is 1. The van der Waals surface area contributed by atoms with Gasteiger partial charge in [0, 0.05) is 38.7 Å². The molecule has 1 saturated heterocycles. The molecule has 0 saturated carbocycles. The van der Waals surface area contributed by atoms with Gasteiger partial charge in [-0.25, -0.2) is 23.1 Å². The molecule has 1 aromatic rings. The lowest BCUT2D eigenvalue weighted by molar-refractivity contribution is -0.129. The third-order valence-corrected chi connectivity index (χ3v) is 7.18. The van der Waals surface area contributed by atoms with E-state index in [2.05, 4.69) is 20.9 Å². The van der Waals surface area contributed by atoms with E-state index in [-0.39, 0.29) is 17.4 Å². The number of benzene rings is 1. The maximum absolute atomic E-state index is 14.8. The Morgan fingerprint density at radius 2 is 1.89 bits per heavy atom. The summed E-state index contributed by atoms with van der Waals surface area (Å²) >= 11 is 0. The lowest BCUT2D eigenvalue weighted by Gasteiger charge is -2.33. The van der Waals surface area contributed by atoms with Crippen LogP contribution in [-0.2, 0) is 11.3 Å². The van der Waals surface area contributed by atoms with Crippen molar-refractivity contribution in [1.82, 2.24) is 19.4 Å². The summed E-state index contributed by atoms with van der Waals surface area (Å²) < 4.78 is 43.5. The van der Waals surface area contributed by atoms with Gasteiger partial charge in [0.1, 0.15) is 23.3 Å². The van der Waals surface area contributed by atoms with E-state index in [1.807, 2.05) is 4.90 Å². The maximum Gasteiger partial charge on any atom is 0.266 e. The number of piperidine rings is 1. The first-order chi connectivity index (χ1) is 17.2. The highest BCUT2D eigenvalue weighted by Gasteiger charge is 2.30. The molecule has 4 aliphatic rings. The summed E-state index contributed by atoms with van der Waals surface area (Å²) in [6, 6.07) is 5.34. The van der Waals surface area contributed by atoms with E-state index in [9.17, 15) is 18.0 Å². The molecule has 4 heterocycles. The SMILES string of the molecule is CC(=O)N1CCC(c2cc3c(=N[C@H](C)c4cccc(C(F)F)c4F)nc(C)nc-3n3c2NCC3)CC1. The zero-order valence-corrected chi connectivity index (χ0v) is 20.6. The Bertz CT molecular complexity index is 1350. The second kappa shape index (κ2) is 9.55. The monoisotopic (exact) mass is 498 g/mol. The van der Waals surface area contributed by atoms with Crippen LogP contribution in [0.25, 0.3) is 11.4 Å². The number of likely N-dealkylation sites (tertiary alicyclic amines) is 1. The average Bonchev–Trinajstić information content (AvgIpc) is 3.34. The molecule has 0 bridgehead atoms. The molecule has 0 unspecified atom stereocenters. The predicted molar refractivity (Wildman–Crippen MR) is 129 cm³/mol. The Hall–Kier alpha value is -3.43. The Labute approximate surface area is 207 Å². The molecule has 7 nitrogen and oxygen atoms in total. The highest BCUT2D eigenvalue weighted by molar-refractivity contribution is 5.73. The number of alkyl halides is 2. The van der Waals surface area contributed by atoms with E-state index in [4.69, 9.17) is 9.98 Å². The van der Waals surface area contributed by atoms with E-state index in [1.165, 1.54) is 12.1 Å². The van der Waals surface area contributed by atoms with Crippen molar-refractivity contribution in [3.8, 4) is 11.4 Å². The first-order valence-corrected chi connectivity index (χ1v) is 12.3. The van der Waals surface area contributed by atoms with Crippen LogP contribution in [0, 0.1) is 12.7 Å². The zero-order chi connectivity index (χ0) is 25.6. The van der Waals surface area contributed by atoms with Crippen molar-refractivity contribution in [3.05, 3.63) is 58.1 Å². The van der Waals surface area contributed by atoms with Gasteiger partial charge in [-0.1, -0.05) is 18.2 Å². The first kappa shape index (κ1) is 24.3. The smallest absolute Gasteiger partial charge is 0.266 e. The molecule has 1 N–H and O–H groups in total. The van der Waals surface area contributed by atoms with E-state index in [1.54, 1.807) is 20.8 Å². The fraction of sp³-hybridized carbons (Fsp3) is 0.462. The summed E-state index contributed by atoms with van der Waals surface area (Å²) in [4.78, 5) is 27.6. The van der Waals surface area contributed by atoms with Gasteiger partial charge in [-0.3, -0.25) is 9.79 Å². The number of fused-ring (bicyclic) bond motifs is 3. The Morgan fingerprint density at radius 3 is 2.58 bits per heavy atom. The van der Waals surface area contributed by atoms with Crippen molar-refractivity contribution in [2.45, 2.75) is 58.5 Å². The molecule has 1 amide bonds. The lowest BCUT2D eigenvalue weighted by atomic mass is 9.88. The molecular formula is C26H29F3N6O. The quantitative estimate of drug-likeness (QED) is 0.571. The molecule has 5 rings (SSSR count). The number of carbonyl (C=O) groups is 1. The van der Waals surface area contributed by atoms with Gasteiger partial charge < -0.3 is 14.8 Å². The van der Waals surface area contributed by atoms with E-state index in [0.29, 0.717) is 24.4 Å². The van der Waals surface area contributed by atoms with Crippen LogP contribution < -0.4 is 10.8 Å². The fourth-order valence-corrected chi connectivity index (χ4v) is 5.30. The van der Waals surface area contributed by atoms with Gasteiger partial charge in [-0.15, -0.1) is 0 Å². The molecule has 0 radical (unpaired) electrons. The van der Waals surface area contributed by atoms with Gasteiger partial charge >= 0.3 is 0 Å². The normalized spacial score (nSPS) is 17.5. The van der Waals surface area contributed by atoms with Gasteiger partial charge in [-0.05, 0) is 44.2 Å². The molecule has 0 aromatic heterocycles. The molecular weight excluding hydrogens is 469 g/mol. The second-order valence-electron chi connectivity index (χ2n) is 9.49. The molecule has 4 aliphatic heterocycles. The van der Waals surface area contributed by atoms with Crippen LogP contribution >= 0.6 is 0 Å². The minimum atomic E-state index is -2.90. The molecule has 1 atom stereocenters. The van der Waals surface area contributed by atoms with Gasteiger partial charge in [0.25, 0.3) is 6.43 Å². The highest BCUT2D eigenvalue weighted by Crippen LogP contribution is 2.38. The third kappa shape index (κ3) is 4.33. The molecule has 0 aliphatic carbocycles. The van der Waals surface area contributed by atoms with Gasteiger partial charge in [0.05, 0.1) is 17.2 Å². The number of nitrogens with one attached hydrogen (secondary N) is 1. The van der Waals surface area contributed by atoms with Crippen molar-refractivity contribution in [2.75, 3.05) is 25.0 Å². The van der Waals surface area contributed by atoms with Crippen LogP contribution in [0.3, 0.4) is 0 Å². The number of halogens is 3. The number of hydrogen-bond donors (Lipinski definition) is 1. The Kier molecular flexibility index (Phi) is 6.44. The van der Waals surface area contributed by atoms with Crippen LogP contribution in [0.2, 0.25) is 0 Å². The number of hydrogen-bond acceptors (Lipinski definition) is 5. The van der Waals surface area contributed by atoms with Crippen molar-refractivity contribution >= 4 is 11.7 Å². The Morgan fingerprint density at radius 1 is 1.17 bits per heavy atom. The summed E-state index contributed by atoms with van der Waals surface area (Å²) in [7, 11) is 0.